The highest BCUT2D eigenvalue weighted by Crippen LogP contribution is 2.18. The summed E-state index contributed by atoms with van der Waals surface area (Å²) in [5.74, 6) is 0. The maximum atomic E-state index is 4.57. The minimum atomic E-state index is 0.673. The minimum Gasteiger partial charge on any atom is -0.388 e. The van der Waals surface area contributed by atoms with Gasteiger partial charge in [-0.1, -0.05) is 43.0 Å². The molecule has 0 aliphatic rings. The van der Waals surface area contributed by atoms with Crippen LogP contribution in [0.3, 0.4) is 0 Å². The van der Waals surface area contributed by atoms with Crippen LogP contribution in [0.5, 0.6) is 0 Å². The summed E-state index contributed by atoms with van der Waals surface area (Å²) in [7, 11) is 3.69. The first-order valence-corrected chi connectivity index (χ1v) is 9.67. The van der Waals surface area contributed by atoms with Crippen LogP contribution < -0.4 is 10.6 Å². The lowest BCUT2D eigenvalue weighted by atomic mass is 10.1. The van der Waals surface area contributed by atoms with E-state index in [1.165, 1.54) is 11.8 Å². The van der Waals surface area contributed by atoms with Gasteiger partial charge < -0.3 is 10.6 Å². The zero-order valence-corrected chi connectivity index (χ0v) is 17.7. The SMILES string of the molecule is C=C/C(=C\C=C/C)CNC(=NC)SC(C)=N/C=C(\C)c1cccc(NC)c1. The summed E-state index contributed by atoms with van der Waals surface area (Å²) in [6.45, 7) is 10.5. The highest BCUT2D eigenvalue weighted by atomic mass is 32.2. The van der Waals surface area contributed by atoms with Crippen molar-refractivity contribution in [2.24, 2.45) is 9.98 Å². The lowest BCUT2D eigenvalue weighted by Gasteiger charge is -2.09. The molecule has 0 aromatic heterocycles. The van der Waals surface area contributed by atoms with Gasteiger partial charge in [-0.25, -0.2) is 0 Å². The van der Waals surface area contributed by atoms with E-state index in [1.54, 1.807) is 7.05 Å². The maximum absolute atomic E-state index is 4.57. The predicted octanol–water partition coefficient (Wildman–Crippen LogP) is 5.50. The Balaban J connectivity index is 2.73. The molecule has 0 saturated carbocycles. The number of thioether (sulfide) groups is 1. The second-order valence-corrected chi connectivity index (χ2v) is 6.93. The first kappa shape index (κ1) is 22.5. The van der Waals surface area contributed by atoms with E-state index in [1.807, 2.05) is 63.5 Å². The quantitative estimate of drug-likeness (QED) is 0.372. The van der Waals surface area contributed by atoms with E-state index in [0.717, 1.165) is 32.6 Å². The van der Waals surface area contributed by atoms with Crippen molar-refractivity contribution in [2.75, 3.05) is 26.0 Å². The van der Waals surface area contributed by atoms with Crippen molar-refractivity contribution in [1.82, 2.24) is 5.32 Å². The molecule has 0 bridgehead atoms. The van der Waals surface area contributed by atoms with Crippen LogP contribution in [0.25, 0.3) is 5.57 Å². The van der Waals surface area contributed by atoms with Crippen LogP contribution in [0.4, 0.5) is 5.69 Å². The standard InChI is InChI=1S/C22H30N4S/c1-7-9-11-19(8-2)16-26-22(24-6)27-18(4)25-15-17(3)20-12-10-13-21(14-20)23-5/h7-15,23H,2,16H2,1,3-6H3,(H,24,26)/b9-7-,17-15+,19-11+,25-18?. The van der Waals surface area contributed by atoms with E-state index in [-0.39, 0.29) is 0 Å². The number of benzene rings is 1. The first-order valence-electron chi connectivity index (χ1n) is 8.86. The topological polar surface area (TPSA) is 48.8 Å². The molecule has 0 heterocycles. The van der Waals surface area contributed by atoms with Gasteiger partial charge in [-0.05, 0) is 61.4 Å². The predicted molar refractivity (Wildman–Crippen MR) is 125 cm³/mol. The Kier molecular flexibility index (Phi) is 10.6. The molecule has 0 aliphatic carbocycles. The molecular formula is C22H30N4S. The van der Waals surface area contributed by atoms with Crippen LogP contribution in [0.2, 0.25) is 0 Å². The summed E-state index contributed by atoms with van der Waals surface area (Å²) in [6.07, 6.45) is 9.76. The molecule has 0 radical (unpaired) electrons. The largest absolute Gasteiger partial charge is 0.388 e. The highest BCUT2D eigenvalue weighted by molar-refractivity contribution is 8.26. The summed E-state index contributed by atoms with van der Waals surface area (Å²) in [6, 6.07) is 8.27. The summed E-state index contributed by atoms with van der Waals surface area (Å²) in [5.41, 5.74) is 4.45. The molecule has 0 unspecified atom stereocenters. The molecule has 4 nitrogen and oxygen atoms in total. The van der Waals surface area contributed by atoms with Gasteiger partial charge in [-0.15, -0.1) is 0 Å². The van der Waals surface area contributed by atoms with Crippen molar-refractivity contribution >= 4 is 33.2 Å². The molecule has 0 spiro atoms. The van der Waals surface area contributed by atoms with Crippen molar-refractivity contribution < 1.29 is 0 Å². The number of nitrogens with one attached hydrogen (secondary N) is 2. The number of rotatable bonds is 7. The number of hydrogen-bond acceptors (Lipinski definition) is 4. The lowest BCUT2D eigenvalue weighted by Crippen LogP contribution is -2.23. The molecule has 1 rings (SSSR count). The zero-order chi connectivity index (χ0) is 20.1. The van der Waals surface area contributed by atoms with Crippen LogP contribution in [0, 0.1) is 0 Å². The molecule has 0 atom stereocenters. The number of amidine groups is 1. The van der Waals surface area contributed by atoms with Crippen LogP contribution in [-0.2, 0) is 0 Å². The molecule has 144 valence electrons. The Bertz CT molecular complexity index is 770. The number of anilines is 1. The Hall–Kier alpha value is -2.53. The number of aliphatic imine (C=N–C) groups is 2. The van der Waals surface area contributed by atoms with Gasteiger partial charge in [0.25, 0.3) is 0 Å². The van der Waals surface area contributed by atoms with Crippen molar-refractivity contribution in [1.29, 1.82) is 0 Å². The fourth-order valence-electron chi connectivity index (χ4n) is 2.11. The Labute approximate surface area is 168 Å². The number of allylic oxidation sites excluding steroid dienone is 4. The summed E-state index contributed by atoms with van der Waals surface area (Å²) < 4.78 is 0. The molecule has 2 N–H and O–H groups in total. The van der Waals surface area contributed by atoms with Gasteiger partial charge in [-0.2, -0.15) is 0 Å². The van der Waals surface area contributed by atoms with Crippen LogP contribution in [-0.4, -0.2) is 30.9 Å². The molecule has 27 heavy (non-hydrogen) atoms. The highest BCUT2D eigenvalue weighted by Gasteiger charge is 2.03. The van der Waals surface area contributed by atoms with Crippen LogP contribution in [0.15, 0.2) is 76.9 Å². The van der Waals surface area contributed by atoms with Crippen molar-refractivity contribution in [3.63, 3.8) is 0 Å². The Morgan fingerprint density at radius 3 is 2.70 bits per heavy atom. The van der Waals surface area contributed by atoms with E-state index < -0.39 is 0 Å². The second-order valence-electron chi connectivity index (χ2n) is 5.75. The molecule has 1 aromatic rings. The van der Waals surface area contributed by atoms with Gasteiger partial charge in [-0.3, -0.25) is 9.98 Å². The first-order chi connectivity index (χ1) is 13.0. The van der Waals surface area contributed by atoms with Gasteiger partial charge in [0, 0.05) is 32.5 Å². The summed E-state index contributed by atoms with van der Waals surface area (Å²) in [5, 5.41) is 8.23. The van der Waals surface area contributed by atoms with Crippen LogP contribution in [0.1, 0.15) is 26.3 Å². The molecule has 5 heteroatoms. The lowest BCUT2D eigenvalue weighted by molar-refractivity contribution is 1.02. The summed E-state index contributed by atoms with van der Waals surface area (Å²) >= 11 is 1.52. The number of nitrogens with zero attached hydrogens (tertiary/aromatic N) is 2. The fraction of sp³-hybridized carbons (Fsp3) is 0.273. The average Bonchev–Trinajstić information content (AvgIpc) is 2.71. The van der Waals surface area contributed by atoms with Gasteiger partial charge >= 0.3 is 0 Å². The smallest absolute Gasteiger partial charge is 0.162 e. The molecule has 0 fully saturated rings. The Morgan fingerprint density at radius 2 is 2.07 bits per heavy atom. The van der Waals surface area contributed by atoms with Crippen molar-refractivity contribution in [3.05, 3.63) is 72.5 Å². The van der Waals surface area contributed by atoms with Crippen molar-refractivity contribution in [3.8, 4) is 0 Å². The summed E-state index contributed by atoms with van der Waals surface area (Å²) in [4.78, 5) is 8.87. The van der Waals surface area contributed by atoms with E-state index in [9.17, 15) is 0 Å². The monoisotopic (exact) mass is 382 g/mol. The third-order valence-electron chi connectivity index (χ3n) is 3.70. The third-order valence-corrected chi connectivity index (χ3v) is 4.62. The van der Waals surface area contributed by atoms with Crippen LogP contribution >= 0.6 is 11.8 Å². The molecule has 0 amide bonds. The van der Waals surface area contributed by atoms with Crippen molar-refractivity contribution in [2.45, 2.75) is 20.8 Å². The minimum absolute atomic E-state index is 0.673. The average molecular weight is 383 g/mol. The fourth-order valence-corrected chi connectivity index (χ4v) is 2.73. The van der Waals surface area contributed by atoms with E-state index in [2.05, 4.69) is 46.3 Å². The van der Waals surface area contributed by atoms with E-state index >= 15 is 0 Å². The maximum Gasteiger partial charge on any atom is 0.162 e. The molecule has 0 saturated heterocycles. The second kappa shape index (κ2) is 12.8. The van der Waals surface area contributed by atoms with E-state index in [4.69, 9.17) is 0 Å². The number of hydrogen-bond donors (Lipinski definition) is 2. The van der Waals surface area contributed by atoms with Gasteiger partial charge in [0.1, 0.15) is 0 Å². The van der Waals surface area contributed by atoms with Gasteiger partial charge in [0.2, 0.25) is 0 Å². The van der Waals surface area contributed by atoms with Gasteiger partial charge in [0.15, 0.2) is 5.17 Å². The molecular weight excluding hydrogens is 352 g/mol. The zero-order valence-electron chi connectivity index (χ0n) is 16.9. The van der Waals surface area contributed by atoms with Gasteiger partial charge in [0.05, 0.1) is 5.04 Å². The molecule has 1 aromatic carbocycles. The van der Waals surface area contributed by atoms with E-state index in [0.29, 0.717) is 6.54 Å². The normalized spacial score (nSPS) is 13.8. The molecule has 0 aliphatic heterocycles. The Morgan fingerprint density at radius 1 is 1.30 bits per heavy atom. The third kappa shape index (κ3) is 8.60.